The number of alkyl halides is 3. The number of nitrogens with zero attached hydrogens (tertiary/aromatic N) is 1. The lowest BCUT2D eigenvalue weighted by Crippen LogP contribution is -2.08. The molecule has 1 unspecified atom stereocenters. The van der Waals surface area contributed by atoms with Gasteiger partial charge in [-0.05, 0) is 29.3 Å². The van der Waals surface area contributed by atoms with E-state index in [1.807, 2.05) is 0 Å². The van der Waals surface area contributed by atoms with Crippen molar-refractivity contribution in [2.45, 2.75) is 18.7 Å². The van der Waals surface area contributed by atoms with Crippen LogP contribution in [0.25, 0.3) is 0 Å². The van der Waals surface area contributed by atoms with Gasteiger partial charge < -0.3 is 5.11 Å². The van der Waals surface area contributed by atoms with E-state index in [1.54, 1.807) is 6.07 Å². The maximum Gasteiger partial charge on any atom is 0.416 e. The predicted molar refractivity (Wildman–Crippen MR) is 69.4 cm³/mol. The molecule has 2 rings (SSSR count). The van der Waals surface area contributed by atoms with Crippen molar-refractivity contribution < 1.29 is 18.3 Å². The van der Waals surface area contributed by atoms with Crippen molar-refractivity contribution in [3.63, 3.8) is 0 Å². The zero-order valence-electron chi connectivity index (χ0n) is 10.2. The standard InChI is InChI=1S/C14H11ClF3NO/c15-12-8-19-5-4-9(12)7-13(20)10-2-1-3-11(6-10)14(16,17)18/h1-6,8,13,20H,7H2. The van der Waals surface area contributed by atoms with Gasteiger partial charge in [-0.2, -0.15) is 13.2 Å². The largest absolute Gasteiger partial charge is 0.416 e. The SMILES string of the molecule is OC(Cc1ccncc1Cl)c1cccc(C(F)(F)F)c1. The fourth-order valence-electron chi connectivity index (χ4n) is 1.82. The van der Waals surface area contributed by atoms with Crippen LogP contribution in [0, 0.1) is 0 Å². The Balaban J connectivity index is 2.22. The Hall–Kier alpha value is -1.59. The first-order chi connectivity index (χ1) is 9.38. The molecule has 1 aromatic heterocycles. The fraction of sp³-hybridized carbons (Fsp3) is 0.214. The summed E-state index contributed by atoms with van der Waals surface area (Å²) in [6.45, 7) is 0. The van der Waals surface area contributed by atoms with E-state index in [1.165, 1.54) is 24.5 Å². The molecule has 20 heavy (non-hydrogen) atoms. The number of hydrogen-bond acceptors (Lipinski definition) is 2. The van der Waals surface area contributed by atoms with Gasteiger partial charge in [-0.3, -0.25) is 4.98 Å². The molecule has 0 saturated heterocycles. The highest BCUT2D eigenvalue weighted by molar-refractivity contribution is 6.31. The minimum absolute atomic E-state index is 0.128. The third-order valence-corrected chi connectivity index (χ3v) is 3.21. The summed E-state index contributed by atoms with van der Waals surface area (Å²) in [7, 11) is 0. The lowest BCUT2D eigenvalue weighted by atomic mass is 10.0. The summed E-state index contributed by atoms with van der Waals surface area (Å²) in [6, 6.07) is 6.26. The molecular weight excluding hydrogens is 291 g/mol. The van der Waals surface area contributed by atoms with Gasteiger partial charge in [0, 0.05) is 18.8 Å². The van der Waals surface area contributed by atoms with Crippen molar-refractivity contribution in [3.05, 3.63) is 64.4 Å². The Kier molecular flexibility index (Phi) is 4.30. The third kappa shape index (κ3) is 3.49. The van der Waals surface area contributed by atoms with Crippen LogP contribution in [0.3, 0.4) is 0 Å². The Morgan fingerprint density at radius 2 is 2.00 bits per heavy atom. The summed E-state index contributed by atoms with van der Waals surface area (Å²) < 4.78 is 37.8. The van der Waals surface area contributed by atoms with E-state index >= 15 is 0 Å². The molecule has 1 atom stereocenters. The van der Waals surface area contributed by atoms with Gasteiger partial charge in [-0.25, -0.2) is 0 Å². The lowest BCUT2D eigenvalue weighted by Gasteiger charge is -2.14. The first-order valence-electron chi connectivity index (χ1n) is 5.81. The smallest absolute Gasteiger partial charge is 0.388 e. The topological polar surface area (TPSA) is 33.1 Å². The minimum Gasteiger partial charge on any atom is -0.388 e. The molecular formula is C14H11ClF3NO. The maximum atomic E-state index is 12.6. The Labute approximate surface area is 118 Å². The van der Waals surface area contributed by atoms with Crippen LogP contribution in [-0.2, 0) is 12.6 Å². The maximum absolute atomic E-state index is 12.6. The summed E-state index contributed by atoms with van der Waals surface area (Å²) >= 11 is 5.91. The van der Waals surface area contributed by atoms with Crippen LogP contribution < -0.4 is 0 Å². The van der Waals surface area contributed by atoms with Crippen LogP contribution in [0.15, 0.2) is 42.7 Å². The highest BCUT2D eigenvalue weighted by Gasteiger charge is 2.30. The molecule has 0 bridgehead atoms. The minimum atomic E-state index is -4.43. The van der Waals surface area contributed by atoms with Crippen molar-refractivity contribution >= 4 is 11.6 Å². The number of aromatic nitrogens is 1. The molecule has 0 amide bonds. The van der Waals surface area contributed by atoms with Gasteiger partial charge in [-0.15, -0.1) is 0 Å². The second-order valence-electron chi connectivity index (χ2n) is 4.31. The Morgan fingerprint density at radius 1 is 1.25 bits per heavy atom. The summed E-state index contributed by atoms with van der Waals surface area (Å²) in [5, 5.41) is 10.4. The van der Waals surface area contributed by atoms with Gasteiger partial charge in [0.25, 0.3) is 0 Å². The van der Waals surface area contributed by atoms with E-state index < -0.39 is 17.8 Å². The van der Waals surface area contributed by atoms with Crippen molar-refractivity contribution in [2.24, 2.45) is 0 Å². The molecule has 0 fully saturated rings. The summed E-state index contributed by atoms with van der Waals surface area (Å²) in [6.07, 6.45) is -2.42. The van der Waals surface area contributed by atoms with Gasteiger partial charge >= 0.3 is 6.18 Å². The van der Waals surface area contributed by atoms with E-state index in [0.717, 1.165) is 12.1 Å². The number of halogens is 4. The van der Waals surface area contributed by atoms with Crippen LogP contribution in [0.1, 0.15) is 22.8 Å². The number of pyridine rings is 1. The van der Waals surface area contributed by atoms with Crippen molar-refractivity contribution in [3.8, 4) is 0 Å². The number of hydrogen-bond donors (Lipinski definition) is 1. The molecule has 0 aliphatic heterocycles. The molecule has 6 heteroatoms. The second-order valence-corrected chi connectivity index (χ2v) is 4.72. The average Bonchev–Trinajstić information content (AvgIpc) is 2.40. The normalized spacial score (nSPS) is 13.2. The molecule has 0 saturated carbocycles. The van der Waals surface area contributed by atoms with Gasteiger partial charge in [0.05, 0.1) is 16.7 Å². The molecule has 0 aliphatic carbocycles. The molecule has 0 aliphatic rings. The van der Waals surface area contributed by atoms with Crippen LogP contribution in [-0.4, -0.2) is 10.1 Å². The van der Waals surface area contributed by atoms with Crippen LogP contribution in [0.5, 0.6) is 0 Å². The van der Waals surface area contributed by atoms with Gasteiger partial charge in [-0.1, -0.05) is 23.7 Å². The Morgan fingerprint density at radius 3 is 2.65 bits per heavy atom. The average molecular weight is 302 g/mol. The molecule has 1 aromatic carbocycles. The number of aliphatic hydroxyl groups is 1. The van der Waals surface area contributed by atoms with Gasteiger partial charge in [0.15, 0.2) is 0 Å². The molecule has 2 nitrogen and oxygen atoms in total. The number of rotatable bonds is 3. The molecule has 0 radical (unpaired) electrons. The molecule has 2 aromatic rings. The Bertz CT molecular complexity index is 601. The number of benzene rings is 1. The number of aliphatic hydroxyl groups excluding tert-OH is 1. The fourth-order valence-corrected chi connectivity index (χ4v) is 2.01. The summed E-state index contributed by atoms with van der Waals surface area (Å²) in [5.41, 5.74) is 0.0501. The molecule has 1 heterocycles. The lowest BCUT2D eigenvalue weighted by molar-refractivity contribution is -0.137. The van der Waals surface area contributed by atoms with E-state index in [0.29, 0.717) is 10.6 Å². The highest BCUT2D eigenvalue weighted by Crippen LogP contribution is 2.31. The quantitative estimate of drug-likeness (QED) is 0.928. The summed E-state index contributed by atoms with van der Waals surface area (Å²) in [4.78, 5) is 3.81. The van der Waals surface area contributed by atoms with Gasteiger partial charge in [0.2, 0.25) is 0 Å². The zero-order valence-corrected chi connectivity index (χ0v) is 11.0. The van der Waals surface area contributed by atoms with Crippen LogP contribution in [0.4, 0.5) is 13.2 Å². The van der Waals surface area contributed by atoms with E-state index in [-0.39, 0.29) is 12.0 Å². The summed E-state index contributed by atoms with van der Waals surface area (Å²) in [5.74, 6) is 0. The van der Waals surface area contributed by atoms with E-state index in [9.17, 15) is 18.3 Å². The molecule has 1 N–H and O–H groups in total. The van der Waals surface area contributed by atoms with Gasteiger partial charge in [0.1, 0.15) is 0 Å². The van der Waals surface area contributed by atoms with E-state index in [2.05, 4.69) is 4.98 Å². The first-order valence-corrected chi connectivity index (χ1v) is 6.19. The zero-order chi connectivity index (χ0) is 14.8. The highest BCUT2D eigenvalue weighted by atomic mass is 35.5. The molecule has 0 spiro atoms. The molecule has 106 valence electrons. The van der Waals surface area contributed by atoms with Crippen molar-refractivity contribution in [1.29, 1.82) is 0 Å². The second kappa shape index (κ2) is 5.81. The van der Waals surface area contributed by atoms with Crippen LogP contribution in [0.2, 0.25) is 5.02 Å². The first kappa shape index (κ1) is 14.8. The predicted octanol–water partition coefficient (Wildman–Crippen LogP) is 4.03. The van der Waals surface area contributed by atoms with Crippen LogP contribution >= 0.6 is 11.6 Å². The van der Waals surface area contributed by atoms with E-state index in [4.69, 9.17) is 11.6 Å². The monoisotopic (exact) mass is 301 g/mol. The van der Waals surface area contributed by atoms with Crippen molar-refractivity contribution in [1.82, 2.24) is 4.98 Å². The third-order valence-electron chi connectivity index (χ3n) is 2.87. The van der Waals surface area contributed by atoms with Crippen molar-refractivity contribution in [2.75, 3.05) is 0 Å².